The largest absolute Gasteiger partial charge is 0.459 e. The minimum Gasteiger partial charge on any atom is -0.459 e. The number of benzene rings is 2. The summed E-state index contributed by atoms with van der Waals surface area (Å²) >= 11 is 0. The molecule has 0 bridgehead atoms. The van der Waals surface area contributed by atoms with Gasteiger partial charge in [-0.15, -0.1) is 0 Å². The summed E-state index contributed by atoms with van der Waals surface area (Å²) in [5.41, 5.74) is 1.56. The molecule has 2 aliphatic rings. The van der Waals surface area contributed by atoms with E-state index in [1.165, 1.54) is 36.6 Å². The smallest absolute Gasteiger partial charge is 0.206 e. The summed E-state index contributed by atoms with van der Waals surface area (Å²) in [4.78, 5) is 0.0652. The fraction of sp³-hybridized carbons (Fsp3) is 0.333. The van der Waals surface area contributed by atoms with E-state index in [4.69, 9.17) is 4.42 Å². The number of sulfone groups is 1. The Hall–Kier alpha value is -2.18. The summed E-state index contributed by atoms with van der Waals surface area (Å²) in [6.45, 7) is 3.06. The average molecular weight is 385 g/mol. The second-order valence-corrected chi connectivity index (χ2v) is 9.63. The van der Waals surface area contributed by atoms with Gasteiger partial charge in [0.05, 0.1) is 15.3 Å². The SMILES string of the molecule is CC1(C2CC2)NCCc2c1oc1cc(S(=O)(=O)c3cccc(F)c3)ccc21. The predicted molar refractivity (Wildman–Crippen MR) is 99.8 cm³/mol. The second-order valence-electron chi connectivity index (χ2n) is 7.68. The van der Waals surface area contributed by atoms with Crippen molar-refractivity contribution < 1.29 is 17.2 Å². The van der Waals surface area contributed by atoms with Gasteiger partial charge in [-0.2, -0.15) is 0 Å². The van der Waals surface area contributed by atoms with Crippen LogP contribution in [0, 0.1) is 11.7 Å². The minimum atomic E-state index is -3.80. The maximum absolute atomic E-state index is 13.5. The molecule has 3 aromatic rings. The third-order valence-electron chi connectivity index (χ3n) is 5.91. The van der Waals surface area contributed by atoms with Gasteiger partial charge in [0, 0.05) is 23.6 Å². The molecule has 1 unspecified atom stereocenters. The van der Waals surface area contributed by atoms with Crippen LogP contribution in [0.25, 0.3) is 11.0 Å². The van der Waals surface area contributed by atoms with Gasteiger partial charge in [0.25, 0.3) is 0 Å². The zero-order valence-corrected chi connectivity index (χ0v) is 15.8. The topological polar surface area (TPSA) is 59.3 Å². The van der Waals surface area contributed by atoms with E-state index in [1.54, 1.807) is 12.1 Å². The highest BCUT2D eigenvalue weighted by atomic mass is 32.2. The molecule has 1 fully saturated rings. The lowest BCUT2D eigenvalue weighted by molar-refractivity contribution is 0.248. The molecule has 6 heteroatoms. The van der Waals surface area contributed by atoms with E-state index in [9.17, 15) is 12.8 Å². The van der Waals surface area contributed by atoms with Gasteiger partial charge in [-0.3, -0.25) is 0 Å². The molecular weight excluding hydrogens is 365 g/mol. The molecule has 27 heavy (non-hydrogen) atoms. The fourth-order valence-electron chi connectivity index (χ4n) is 4.25. The first kappa shape index (κ1) is 17.0. The third-order valence-corrected chi connectivity index (χ3v) is 7.66. The Kier molecular flexibility index (Phi) is 3.55. The monoisotopic (exact) mass is 385 g/mol. The van der Waals surface area contributed by atoms with Gasteiger partial charge >= 0.3 is 0 Å². The molecule has 1 saturated carbocycles. The molecule has 4 nitrogen and oxygen atoms in total. The van der Waals surface area contributed by atoms with E-state index in [-0.39, 0.29) is 15.3 Å². The summed E-state index contributed by atoms with van der Waals surface area (Å²) in [5.74, 6) is 0.927. The van der Waals surface area contributed by atoms with Crippen molar-refractivity contribution in [1.29, 1.82) is 0 Å². The number of fused-ring (bicyclic) bond motifs is 3. The number of halogens is 1. The van der Waals surface area contributed by atoms with Crippen LogP contribution in [0.15, 0.2) is 56.7 Å². The van der Waals surface area contributed by atoms with Crippen LogP contribution < -0.4 is 5.32 Å². The number of hydrogen-bond donors (Lipinski definition) is 1. The molecule has 2 heterocycles. The Balaban J connectivity index is 1.65. The van der Waals surface area contributed by atoms with E-state index >= 15 is 0 Å². The van der Waals surface area contributed by atoms with Crippen molar-refractivity contribution in [3.63, 3.8) is 0 Å². The standard InChI is InChI=1S/C21H20FNO3S/c1-21(13-5-6-13)20-18(9-10-23-21)17-8-7-16(12-19(17)26-20)27(24,25)15-4-2-3-14(22)11-15/h2-4,7-8,11-13,23H,5-6,9-10H2,1H3. The highest BCUT2D eigenvalue weighted by molar-refractivity contribution is 7.91. The van der Waals surface area contributed by atoms with Crippen molar-refractivity contribution in [2.75, 3.05) is 6.54 Å². The number of nitrogens with one attached hydrogen (secondary N) is 1. The average Bonchev–Trinajstić information content (AvgIpc) is 3.44. The zero-order chi connectivity index (χ0) is 18.8. The van der Waals surface area contributed by atoms with E-state index in [0.717, 1.165) is 30.2 Å². The third kappa shape index (κ3) is 2.54. The van der Waals surface area contributed by atoms with Crippen molar-refractivity contribution in [2.24, 2.45) is 5.92 Å². The summed E-state index contributed by atoms with van der Waals surface area (Å²) in [6.07, 6.45) is 3.22. The second kappa shape index (κ2) is 5.66. The first-order valence-corrected chi connectivity index (χ1v) is 10.7. The molecular formula is C21H20FNO3S. The van der Waals surface area contributed by atoms with Gasteiger partial charge in [0.15, 0.2) is 0 Å². The first-order valence-electron chi connectivity index (χ1n) is 9.21. The first-order chi connectivity index (χ1) is 12.9. The van der Waals surface area contributed by atoms with Gasteiger partial charge in [-0.05, 0) is 62.4 Å². The normalized spacial score (nSPS) is 22.7. The lowest BCUT2D eigenvalue weighted by Crippen LogP contribution is -2.46. The Labute approximate surface area is 157 Å². The minimum absolute atomic E-state index is 0.0531. The lowest BCUT2D eigenvalue weighted by atomic mass is 9.85. The van der Waals surface area contributed by atoms with Gasteiger partial charge in [0.2, 0.25) is 9.84 Å². The van der Waals surface area contributed by atoms with Gasteiger partial charge in [0.1, 0.15) is 17.2 Å². The van der Waals surface area contributed by atoms with Crippen molar-refractivity contribution in [3.8, 4) is 0 Å². The van der Waals surface area contributed by atoms with Gasteiger partial charge in [-0.1, -0.05) is 6.07 Å². The molecule has 1 aliphatic heterocycles. The Morgan fingerprint density at radius 2 is 1.93 bits per heavy atom. The van der Waals surface area contributed by atoms with E-state index in [2.05, 4.69) is 12.2 Å². The van der Waals surface area contributed by atoms with Crippen LogP contribution in [-0.4, -0.2) is 15.0 Å². The molecule has 0 amide bonds. The lowest BCUT2D eigenvalue weighted by Gasteiger charge is -2.34. The zero-order valence-electron chi connectivity index (χ0n) is 15.0. The van der Waals surface area contributed by atoms with Crippen LogP contribution in [0.5, 0.6) is 0 Å². The molecule has 1 N–H and O–H groups in total. The van der Waals surface area contributed by atoms with Crippen LogP contribution in [0.2, 0.25) is 0 Å². The predicted octanol–water partition coefficient (Wildman–Crippen LogP) is 4.18. The summed E-state index contributed by atoms with van der Waals surface area (Å²) in [6, 6.07) is 10.1. The number of hydrogen-bond acceptors (Lipinski definition) is 4. The molecule has 1 atom stereocenters. The molecule has 0 saturated heterocycles. The molecule has 1 aromatic heterocycles. The maximum Gasteiger partial charge on any atom is 0.206 e. The molecule has 1 aliphatic carbocycles. The van der Waals surface area contributed by atoms with E-state index in [1.807, 2.05) is 6.07 Å². The number of furan rings is 1. The Morgan fingerprint density at radius 1 is 1.15 bits per heavy atom. The summed E-state index contributed by atoms with van der Waals surface area (Å²) in [7, 11) is -3.80. The highest BCUT2D eigenvalue weighted by Gasteiger charge is 2.48. The van der Waals surface area contributed by atoms with Crippen LogP contribution in [0.3, 0.4) is 0 Å². The van der Waals surface area contributed by atoms with E-state index < -0.39 is 15.7 Å². The maximum atomic E-state index is 13.5. The van der Waals surface area contributed by atoms with Crippen LogP contribution in [-0.2, 0) is 21.8 Å². The van der Waals surface area contributed by atoms with Crippen LogP contribution in [0.4, 0.5) is 4.39 Å². The van der Waals surface area contributed by atoms with Crippen molar-refractivity contribution >= 4 is 20.8 Å². The Bertz CT molecular complexity index is 1160. The molecule has 0 radical (unpaired) electrons. The van der Waals surface area contributed by atoms with Gasteiger partial charge < -0.3 is 9.73 Å². The van der Waals surface area contributed by atoms with Crippen molar-refractivity contribution in [1.82, 2.24) is 5.32 Å². The highest BCUT2D eigenvalue weighted by Crippen LogP contribution is 2.49. The molecule has 5 rings (SSSR count). The van der Waals surface area contributed by atoms with Gasteiger partial charge in [-0.25, -0.2) is 12.8 Å². The fourth-order valence-corrected chi connectivity index (χ4v) is 5.56. The van der Waals surface area contributed by atoms with Crippen molar-refractivity contribution in [3.05, 3.63) is 59.6 Å². The van der Waals surface area contributed by atoms with Crippen molar-refractivity contribution in [2.45, 2.75) is 41.5 Å². The molecule has 0 spiro atoms. The molecule has 2 aromatic carbocycles. The van der Waals surface area contributed by atoms with Crippen LogP contribution in [0.1, 0.15) is 31.1 Å². The van der Waals surface area contributed by atoms with Crippen LogP contribution >= 0.6 is 0 Å². The summed E-state index contributed by atoms with van der Waals surface area (Å²) < 4.78 is 45.5. The summed E-state index contributed by atoms with van der Waals surface area (Å²) in [5, 5.41) is 4.57. The number of rotatable bonds is 3. The van der Waals surface area contributed by atoms with E-state index in [0.29, 0.717) is 11.5 Å². The molecule has 140 valence electrons. The Morgan fingerprint density at radius 3 is 2.67 bits per heavy atom. The quantitative estimate of drug-likeness (QED) is 0.735.